The van der Waals surface area contributed by atoms with E-state index in [1.54, 1.807) is 32.9 Å². The van der Waals surface area contributed by atoms with Crippen LogP contribution in [0.15, 0.2) is 66.9 Å². The molecule has 0 saturated carbocycles. The summed E-state index contributed by atoms with van der Waals surface area (Å²) in [6.07, 6.45) is 2.24. The summed E-state index contributed by atoms with van der Waals surface area (Å²) in [5.41, 5.74) is 4.40. The quantitative estimate of drug-likeness (QED) is 0.644. The van der Waals surface area contributed by atoms with Crippen LogP contribution in [0.3, 0.4) is 0 Å². The Morgan fingerprint density at radius 3 is 2.38 bits per heavy atom. The predicted octanol–water partition coefficient (Wildman–Crippen LogP) is 5.55. The van der Waals surface area contributed by atoms with Crippen LogP contribution in [0.4, 0.5) is 10.5 Å². The monoisotopic (exact) mass is 389 g/mol. The van der Waals surface area contributed by atoms with Crippen LogP contribution in [0.2, 0.25) is 0 Å². The summed E-state index contributed by atoms with van der Waals surface area (Å²) in [7, 11) is 0. The molecule has 0 aliphatic carbocycles. The van der Waals surface area contributed by atoms with Crippen molar-refractivity contribution in [1.29, 1.82) is 0 Å². The molecule has 150 valence electrons. The standard InChI is InChI=1S/C25H27NO3/c1-6-8-17-25(19-14-10-9-13-18(19)7-2)20-15-11-12-16-21(20)26(22(25)27)23(28)29-24(3,4)5/h8-16H,1,7,17H2,2-5H3. The highest BCUT2D eigenvalue weighted by Crippen LogP contribution is 2.49. The van der Waals surface area contributed by atoms with E-state index in [1.807, 2.05) is 42.5 Å². The van der Waals surface area contributed by atoms with E-state index in [0.717, 1.165) is 23.1 Å². The van der Waals surface area contributed by atoms with Crippen molar-refractivity contribution in [3.8, 4) is 0 Å². The third kappa shape index (κ3) is 3.52. The molecule has 1 aliphatic rings. The topological polar surface area (TPSA) is 46.6 Å². The molecule has 4 nitrogen and oxygen atoms in total. The summed E-state index contributed by atoms with van der Waals surface area (Å²) < 4.78 is 5.57. The van der Waals surface area contributed by atoms with Crippen LogP contribution < -0.4 is 4.90 Å². The molecular weight excluding hydrogens is 362 g/mol. The van der Waals surface area contributed by atoms with Crippen molar-refractivity contribution in [2.75, 3.05) is 4.90 Å². The maximum absolute atomic E-state index is 13.9. The van der Waals surface area contributed by atoms with Crippen molar-refractivity contribution in [1.82, 2.24) is 0 Å². The van der Waals surface area contributed by atoms with Gasteiger partial charge in [0.25, 0.3) is 5.91 Å². The summed E-state index contributed by atoms with van der Waals surface area (Å²) in [6.45, 7) is 11.1. The second-order valence-corrected chi connectivity index (χ2v) is 8.17. The van der Waals surface area contributed by atoms with E-state index in [2.05, 4.69) is 19.2 Å². The Bertz CT molecular complexity index is 995. The highest BCUT2D eigenvalue weighted by atomic mass is 16.6. The van der Waals surface area contributed by atoms with Gasteiger partial charge >= 0.3 is 6.09 Å². The van der Waals surface area contributed by atoms with Crippen LogP contribution in [-0.4, -0.2) is 17.6 Å². The molecule has 1 heterocycles. The van der Waals surface area contributed by atoms with Gasteiger partial charge < -0.3 is 4.74 Å². The van der Waals surface area contributed by atoms with Crippen LogP contribution in [0, 0.1) is 0 Å². The van der Waals surface area contributed by atoms with Gasteiger partial charge in [-0.2, -0.15) is 0 Å². The maximum Gasteiger partial charge on any atom is 0.421 e. The molecule has 2 aromatic rings. The fourth-order valence-electron chi connectivity index (χ4n) is 3.97. The smallest absolute Gasteiger partial charge is 0.421 e. The molecule has 1 unspecified atom stereocenters. The Labute approximate surface area is 172 Å². The first-order valence-corrected chi connectivity index (χ1v) is 9.86. The lowest BCUT2D eigenvalue weighted by molar-refractivity contribution is -0.121. The number of carbonyl (C=O) groups excluding carboxylic acids is 2. The summed E-state index contributed by atoms with van der Waals surface area (Å²) in [5.74, 6) is -0.305. The summed E-state index contributed by atoms with van der Waals surface area (Å²) in [6, 6.07) is 15.3. The number of anilines is 1. The number of hydrogen-bond donors (Lipinski definition) is 0. The molecule has 0 bridgehead atoms. The lowest BCUT2D eigenvalue weighted by Crippen LogP contribution is -2.46. The minimum Gasteiger partial charge on any atom is -0.443 e. The van der Waals surface area contributed by atoms with E-state index >= 15 is 0 Å². The summed E-state index contributed by atoms with van der Waals surface area (Å²) in [5, 5.41) is 0. The first-order valence-electron chi connectivity index (χ1n) is 9.86. The number of fused-ring (bicyclic) bond motifs is 1. The fourth-order valence-corrected chi connectivity index (χ4v) is 3.97. The van der Waals surface area contributed by atoms with Gasteiger partial charge in [-0.25, -0.2) is 9.69 Å². The van der Waals surface area contributed by atoms with Crippen LogP contribution in [0.1, 0.15) is 50.8 Å². The highest BCUT2D eigenvalue weighted by molar-refractivity contribution is 6.22. The number of rotatable bonds is 4. The Balaban J connectivity index is 2.28. The molecule has 0 fully saturated rings. The van der Waals surface area contributed by atoms with Gasteiger partial charge in [-0.15, -0.1) is 5.73 Å². The van der Waals surface area contributed by atoms with Crippen LogP contribution >= 0.6 is 0 Å². The third-order valence-electron chi connectivity index (χ3n) is 5.16. The van der Waals surface area contributed by atoms with E-state index in [4.69, 9.17) is 4.74 Å². The number of amides is 2. The van der Waals surface area contributed by atoms with Gasteiger partial charge in [-0.1, -0.05) is 56.0 Å². The minimum atomic E-state index is -1.02. The van der Waals surface area contributed by atoms with Gasteiger partial charge in [0, 0.05) is 0 Å². The molecule has 0 saturated heterocycles. The average molecular weight is 389 g/mol. The molecule has 0 aromatic heterocycles. The number of nitrogens with zero attached hydrogens (tertiary/aromatic N) is 1. The number of aryl methyl sites for hydroxylation is 1. The molecule has 0 N–H and O–H groups in total. The van der Waals surface area contributed by atoms with Gasteiger partial charge in [0.1, 0.15) is 11.0 Å². The van der Waals surface area contributed by atoms with Gasteiger partial charge in [-0.3, -0.25) is 4.79 Å². The van der Waals surface area contributed by atoms with Crippen LogP contribution in [-0.2, 0) is 21.4 Å². The first-order chi connectivity index (χ1) is 13.8. The van der Waals surface area contributed by atoms with Crippen molar-refractivity contribution in [3.63, 3.8) is 0 Å². The summed E-state index contributed by atoms with van der Waals surface area (Å²) >= 11 is 0. The number of para-hydroxylation sites is 1. The molecule has 1 aliphatic heterocycles. The number of carbonyl (C=O) groups is 2. The van der Waals surface area contributed by atoms with E-state index in [1.165, 1.54) is 4.90 Å². The van der Waals surface area contributed by atoms with E-state index in [0.29, 0.717) is 12.1 Å². The van der Waals surface area contributed by atoms with Gasteiger partial charge in [0.15, 0.2) is 0 Å². The van der Waals surface area contributed by atoms with Crippen molar-refractivity contribution in [2.24, 2.45) is 0 Å². The lowest BCUT2D eigenvalue weighted by Gasteiger charge is -2.30. The Morgan fingerprint density at radius 2 is 1.76 bits per heavy atom. The molecule has 2 amide bonds. The Kier molecular flexibility index (Phi) is 5.50. The maximum atomic E-state index is 13.9. The summed E-state index contributed by atoms with van der Waals surface area (Å²) in [4.78, 5) is 28.2. The van der Waals surface area contributed by atoms with Crippen molar-refractivity contribution < 1.29 is 14.3 Å². The molecule has 3 rings (SSSR count). The number of hydrogen-bond acceptors (Lipinski definition) is 3. The normalized spacial score (nSPS) is 18.2. The zero-order valence-corrected chi connectivity index (χ0v) is 17.5. The molecule has 0 spiro atoms. The van der Waals surface area contributed by atoms with E-state index in [9.17, 15) is 9.59 Å². The second-order valence-electron chi connectivity index (χ2n) is 8.17. The third-order valence-corrected chi connectivity index (χ3v) is 5.16. The molecular formula is C25H27NO3. The predicted molar refractivity (Wildman–Crippen MR) is 115 cm³/mol. The molecule has 2 aromatic carbocycles. The van der Waals surface area contributed by atoms with Crippen LogP contribution in [0.5, 0.6) is 0 Å². The number of imide groups is 1. The Morgan fingerprint density at radius 1 is 1.14 bits per heavy atom. The molecule has 1 atom stereocenters. The minimum absolute atomic E-state index is 0.305. The molecule has 29 heavy (non-hydrogen) atoms. The zero-order valence-electron chi connectivity index (χ0n) is 17.5. The Hall–Kier alpha value is -3.10. The molecule has 0 radical (unpaired) electrons. The SMILES string of the molecule is C=C=CCC1(c2ccccc2CC)C(=O)N(C(=O)OC(C)(C)C)c2ccccc21. The fraction of sp³-hybridized carbons (Fsp3) is 0.320. The highest BCUT2D eigenvalue weighted by Gasteiger charge is 2.54. The van der Waals surface area contributed by atoms with E-state index in [-0.39, 0.29) is 5.91 Å². The number of benzene rings is 2. The second kappa shape index (κ2) is 7.73. The van der Waals surface area contributed by atoms with Gasteiger partial charge in [0.2, 0.25) is 0 Å². The average Bonchev–Trinajstić information content (AvgIpc) is 2.93. The number of ether oxygens (including phenoxy) is 1. The van der Waals surface area contributed by atoms with E-state index < -0.39 is 17.1 Å². The van der Waals surface area contributed by atoms with Gasteiger partial charge in [-0.05, 0) is 62.4 Å². The largest absolute Gasteiger partial charge is 0.443 e. The molecule has 4 heteroatoms. The first kappa shape index (κ1) is 20.6. The number of allylic oxidation sites excluding steroid dienone is 1. The zero-order chi connectivity index (χ0) is 21.2. The van der Waals surface area contributed by atoms with Crippen LogP contribution in [0.25, 0.3) is 0 Å². The van der Waals surface area contributed by atoms with Gasteiger partial charge in [0.05, 0.1) is 5.69 Å². The van der Waals surface area contributed by atoms with Crippen molar-refractivity contribution in [2.45, 2.75) is 51.6 Å². The lowest BCUT2D eigenvalue weighted by atomic mass is 9.71. The van der Waals surface area contributed by atoms with Crippen molar-refractivity contribution in [3.05, 3.63) is 83.6 Å². The van der Waals surface area contributed by atoms with Crippen molar-refractivity contribution >= 4 is 17.7 Å².